The van der Waals surface area contributed by atoms with E-state index in [-0.39, 0.29) is 0 Å². The molecule has 0 radical (unpaired) electrons. The van der Waals surface area contributed by atoms with Gasteiger partial charge in [0.2, 0.25) is 5.89 Å². The molecule has 0 atom stereocenters. The maximum atomic E-state index is 5.78. The fourth-order valence-corrected chi connectivity index (χ4v) is 2.07. The van der Waals surface area contributed by atoms with Crippen molar-refractivity contribution in [2.45, 2.75) is 20.5 Å². The summed E-state index contributed by atoms with van der Waals surface area (Å²) in [6.07, 6.45) is 0. The molecule has 3 aromatic rings. The maximum Gasteiger partial charge on any atom is 0.233 e. The van der Waals surface area contributed by atoms with Crippen LogP contribution in [0, 0.1) is 13.8 Å². The van der Waals surface area contributed by atoms with Gasteiger partial charge in [-0.05, 0) is 43.2 Å². The molecule has 0 saturated carbocycles. The molecule has 2 aromatic carbocycles. The molecular formula is C16H16N2O2. The van der Waals surface area contributed by atoms with Gasteiger partial charge in [0.15, 0.2) is 12.2 Å². The largest absolute Gasteiger partial charge is 0.484 e. The van der Waals surface area contributed by atoms with Crippen molar-refractivity contribution in [2.24, 2.45) is 0 Å². The number of aryl methyl sites for hydroxylation is 1. The van der Waals surface area contributed by atoms with Crippen LogP contribution in [0.25, 0.3) is 11.1 Å². The fourth-order valence-electron chi connectivity index (χ4n) is 2.07. The maximum absolute atomic E-state index is 5.78. The van der Waals surface area contributed by atoms with E-state index >= 15 is 0 Å². The topological polar surface area (TPSA) is 61.3 Å². The number of anilines is 1. The van der Waals surface area contributed by atoms with Gasteiger partial charge in [-0.3, -0.25) is 0 Å². The highest BCUT2D eigenvalue weighted by Gasteiger charge is 2.08. The Balaban J connectivity index is 1.81. The Morgan fingerprint density at radius 1 is 1.20 bits per heavy atom. The lowest BCUT2D eigenvalue weighted by Gasteiger charge is -2.08. The highest BCUT2D eigenvalue weighted by atomic mass is 16.5. The Labute approximate surface area is 117 Å². The fraction of sp³-hybridized carbons (Fsp3) is 0.188. The predicted octanol–water partition coefficient (Wildman–Crippen LogP) is 3.61. The zero-order valence-corrected chi connectivity index (χ0v) is 11.5. The van der Waals surface area contributed by atoms with Crippen molar-refractivity contribution in [3.05, 3.63) is 53.4 Å². The van der Waals surface area contributed by atoms with Gasteiger partial charge in [-0.2, -0.15) is 0 Å². The Morgan fingerprint density at radius 2 is 2.05 bits per heavy atom. The molecule has 4 heteroatoms. The molecule has 1 heterocycles. The average Bonchev–Trinajstić information content (AvgIpc) is 2.82. The summed E-state index contributed by atoms with van der Waals surface area (Å²) >= 11 is 0. The van der Waals surface area contributed by atoms with Crippen molar-refractivity contribution < 1.29 is 9.15 Å². The first-order chi connectivity index (χ1) is 9.63. The second kappa shape index (κ2) is 4.89. The van der Waals surface area contributed by atoms with Gasteiger partial charge in [-0.15, -0.1) is 0 Å². The highest BCUT2D eigenvalue weighted by molar-refractivity contribution is 5.76. The summed E-state index contributed by atoms with van der Waals surface area (Å²) in [5.74, 6) is 1.40. The van der Waals surface area contributed by atoms with Crippen LogP contribution >= 0.6 is 0 Å². The molecule has 2 N–H and O–H groups in total. The molecule has 0 aliphatic carbocycles. The summed E-state index contributed by atoms with van der Waals surface area (Å²) in [5, 5.41) is 0. The molecule has 20 heavy (non-hydrogen) atoms. The lowest BCUT2D eigenvalue weighted by atomic mass is 10.1. The van der Waals surface area contributed by atoms with Crippen molar-refractivity contribution in [3.63, 3.8) is 0 Å². The number of rotatable bonds is 3. The molecule has 0 fully saturated rings. The molecule has 0 aliphatic heterocycles. The van der Waals surface area contributed by atoms with Crippen LogP contribution in [0.3, 0.4) is 0 Å². The summed E-state index contributed by atoms with van der Waals surface area (Å²) in [7, 11) is 0. The molecule has 4 nitrogen and oxygen atoms in total. The minimum Gasteiger partial charge on any atom is -0.484 e. The minimum absolute atomic E-state index is 0.304. The second-order valence-corrected chi connectivity index (χ2v) is 4.82. The molecule has 0 saturated heterocycles. The van der Waals surface area contributed by atoms with Gasteiger partial charge >= 0.3 is 0 Å². The third-order valence-electron chi connectivity index (χ3n) is 3.36. The molecule has 0 bridgehead atoms. The number of nitrogen functional groups attached to an aromatic ring is 1. The molecule has 0 spiro atoms. The lowest BCUT2D eigenvalue weighted by molar-refractivity contribution is 0.265. The van der Waals surface area contributed by atoms with E-state index in [9.17, 15) is 0 Å². The number of fused-ring (bicyclic) bond motifs is 1. The number of nitrogens with zero attached hydrogens (tertiary/aromatic N) is 1. The lowest BCUT2D eigenvalue weighted by Crippen LogP contribution is -1.98. The smallest absolute Gasteiger partial charge is 0.233 e. The van der Waals surface area contributed by atoms with Crippen LogP contribution in [-0.2, 0) is 6.61 Å². The monoisotopic (exact) mass is 268 g/mol. The molecule has 0 amide bonds. The SMILES string of the molecule is Cc1cccc(OCc2nc3ccc(N)cc3o2)c1C. The van der Waals surface area contributed by atoms with E-state index in [4.69, 9.17) is 14.9 Å². The van der Waals surface area contributed by atoms with E-state index in [0.29, 0.717) is 23.8 Å². The van der Waals surface area contributed by atoms with Crippen LogP contribution in [-0.4, -0.2) is 4.98 Å². The number of hydrogen-bond donors (Lipinski definition) is 1. The molecule has 3 rings (SSSR count). The summed E-state index contributed by atoms with van der Waals surface area (Å²) < 4.78 is 11.4. The summed E-state index contributed by atoms with van der Waals surface area (Å²) in [6.45, 7) is 4.40. The van der Waals surface area contributed by atoms with Gasteiger partial charge in [-0.1, -0.05) is 12.1 Å². The molecular weight excluding hydrogens is 252 g/mol. The Morgan fingerprint density at radius 3 is 2.90 bits per heavy atom. The number of nitrogens with two attached hydrogens (primary N) is 1. The third kappa shape index (κ3) is 2.32. The summed E-state index contributed by atoms with van der Waals surface area (Å²) in [6, 6.07) is 11.4. The third-order valence-corrected chi connectivity index (χ3v) is 3.36. The van der Waals surface area contributed by atoms with E-state index in [2.05, 4.69) is 18.0 Å². The quantitative estimate of drug-likeness (QED) is 0.737. The average molecular weight is 268 g/mol. The minimum atomic E-state index is 0.304. The molecule has 0 unspecified atom stereocenters. The zero-order chi connectivity index (χ0) is 14.1. The number of benzene rings is 2. The number of aromatic nitrogens is 1. The van der Waals surface area contributed by atoms with E-state index in [1.807, 2.05) is 25.1 Å². The Kier molecular flexibility index (Phi) is 3.06. The van der Waals surface area contributed by atoms with Gasteiger partial charge in [-0.25, -0.2) is 4.98 Å². The summed E-state index contributed by atoms with van der Waals surface area (Å²) in [4.78, 5) is 4.37. The van der Waals surface area contributed by atoms with Crippen molar-refractivity contribution in [3.8, 4) is 5.75 Å². The number of oxazole rings is 1. The zero-order valence-electron chi connectivity index (χ0n) is 11.5. The molecule has 102 valence electrons. The van der Waals surface area contributed by atoms with Crippen LogP contribution in [0.2, 0.25) is 0 Å². The van der Waals surface area contributed by atoms with Crippen LogP contribution < -0.4 is 10.5 Å². The highest BCUT2D eigenvalue weighted by Crippen LogP contribution is 2.23. The first kappa shape index (κ1) is 12.5. The first-order valence-corrected chi connectivity index (χ1v) is 6.47. The van der Waals surface area contributed by atoms with Gasteiger partial charge < -0.3 is 14.9 Å². The molecule has 1 aromatic heterocycles. The van der Waals surface area contributed by atoms with Crippen LogP contribution in [0.4, 0.5) is 5.69 Å². The van der Waals surface area contributed by atoms with Crippen LogP contribution in [0.15, 0.2) is 40.8 Å². The van der Waals surface area contributed by atoms with Crippen LogP contribution in [0.1, 0.15) is 17.0 Å². The van der Waals surface area contributed by atoms with Gasteiger partial charge in [0.1, 0.15) is 11.3 Å². The number of hydrogen-bond acceptors (Lipinski definition) is 4. The predicted molar refractivity (Wildman–Crippen MR) is 78.7 cm³/mol. The van der Waals surface area contributed by atoms with Crippen molar-refractivity contribution >= 4 is 16.8 Å². The van der Waals surface area contributed by atoms with E-state index in [1.54, 1.807) is 12.1 Å². The Hall–Kier alpha value is -2.49. The summed E-state index contributed by atoms with van der Waals surface area (Å²) in [5.41, 5.74) is 10.2. The van der Waals surface area contributed by atoms with Gasteiger partial charge in [0.25, 0.3) is 0 Å². The Bertz CT molecular complexity index is 762. The standard InChI is InChI=1S/C16H16N2O2/c1-10-4-3-5-14(11(10)2)19-9-16-18-13-7-6-12(17)8-15(13)20-16/h3-8H,9,17H2,1-2H3. The van der Waals surface area contributed by atoms with E-state index < -0.39 is 0 Å². The van der Waals surface area contributed by atoms with Crippen molar-refractivity contribution in [1.29, 1.82) is 0 Å². The van der Waals surface area contributed by atoms with Gasteiger partial charge in [0, 0.05) is 11.8 Å². The van der Waals surface area contributed by atoms with Crippen molar-refractivity contribution in [2.75, 3.05) is 5.73 Å². The van der Waals surface area contributed by atoms with E-state index in [0.717, 1.165) is 16.8 Å². The van der Waals surface area contributed by atoms with Crippen molar-refractivity contribution in [1.82, 2.24) is 4.98 Å². The normalized spacial score (nSPS) is 10.9. The second-order valence-electron chi connectivity index (χ2n) is 4.82. The van der Waals surface area contributed by atoms with Crippen LogP contribution in [0.5, 0.6) is 5.75 Å². The van der Waals surface area contributed by atoms with E-state index in [1.165, 1.54) is 5.56 Å². The molecule has 0 aliphatic rings. The number of ether oxygens (including phenoxy) is 1. The first-order valence-electron chi connectivity index (χ1n) is 6.47. The van der Waals surface area contributed by atoms with Gasteiger partial charge in [0.05, 0.1) is 0 Å².